The largest absolute Gasteiger partial charge is 0.294 e. The van der Waals surface area contributed by atoms with Gasteiger partial charge in [0.25, 0.3) is 0 Å². The SMILES string of the molecule is CCCCC1CCC(C(=O)c2cc(C)ccc2C)CC1. The molecular formula is C19H28O. The molecule has 0 bridgehead atoms. The second-order valence-electron chi connectivity index (χ2n) is 6.54. The monoisotopic (exact) mass is 272 g/mol. The van der Waals surface area contributed by atoms with Crippen LogP contribution in [0, 0.1) is 25.7 Å². The van der Waals surface area contributed by atoms with E-state index < -0.39 is 0 Å². The molecule has 0 saturated heterocycles. The van der Waals surface area contributed by atoms with Crippen LogP contribution in [-0.2, 0) is 0 Å². The van der Waals surface area contributed by atoms with Crippen LogP contribution in [0.15, 0.2) is 18.2 Å². The molecule has 1 aromatic carbocycles. The summed E-state index contributed by atoms with van der Waals surface area (Å²) in [7, 11) is 0. The lowest BCUT2D eigenvalue weighted by Crippen LogP contribution is -2.22. The Kier molecular flexibility index (Phi) is 5.39. The molecule has 0 heterocycles. The van der Waals surface area contributed by atoms with Crippen molar-refractivity contribution in [1.82, 2.24) is 0 Å². The van der Waals surface area contributed by atoms with Gasteiger partial charge in [-0.3, -0.25) is 4.79 Å². The lowest BCUT2D eigenvalue weighted by Gasteiger charge is -2.28. The van der Waals surface area contributed by atoms with Crippen molar-refractivity contribution in [3.05, 3.63) is 34.9 Å². The van der Waals surface area contributed by atoms with Crippen molar-refractivity contribution in [3.63, 3.8) is 0 Å². The number of carbonyl (C=O) groups excluding carboxylic acids is 1. The highest BCUT2D eigenvalue weighted by Crippen LogP contribution is 2.34. The van der Waals surface area contributed by atoms with Crippen molar-refractivity contribution in [2.45, 2.75) is 65.7 Å². The first kappa shape index (κ1) is 15.3. The van der Waals surface area contributed by atoms with Gasteiger partial charge in [0.2, 0.25) is 0 Å². The molecule has 0 N–H and O–H groups in total. The van der Waals surface area contributed by atoms with Crippen molar-refractivity contribution in [2.24, 2.45) is 11.8 Å². The lowest BCUT2D eigenvalue weighted by molar-refractivity contribution is 0.0868. The van der Waals surface area contributed by atoms with E-state index in [0.29, 0.717) is 5.78 Å². The molecule has 2 rings (SSSR count). The summed E-state index contributed by atoms with van der Waals surface area (Å²) in [4.78, 5) is 12.7. The van der Waals surface area contributed by atoms with E-state index in [-0.39, 0.29) is 5.92 Å². The van der Waals surface area contributed by atoms with Crippen LogP contribution >= 0.6 is 0 Å². The third kappa shape index (κ3) is 3.71. The van der Waals surface area contributed by atoms with Gasteiger partial charge in [-0.15, -0.1) is 0 Å². The number of ketones is 1. The summed E-state index contributed by atoms with van der Waals surface area (Å²) in [5.74, 6) is 1.53. The van der Waals surface area contributed by atoms with Crippen LogP contribution in [0.4, 0.5) is 0 Å². The predicted octanol–water partition coefficient (Wildman–Crippen LogP) is 5.48. The molecular weight excluding hydrogens is 244 g/mol. The quantitative estimate of drug-likeness (QED) is 0.648. The molecule has 0 aliphatic heterocycles. The molecule has 0 aromatic heterocycles. The predicted molar refractivity (Wildman–Crippen MR) is 85.2 cm³/mol. The van der Waals surface area contributed by atoms with Crippen LogP contribution in [0.2, 0.25) is 0 Å². The summed E-state index contributed by atoms with van der Waals surface area (Å²) in [5, 5.41) is 0. The van der Waals surface area contributed by atoms with Crippen molar-refractivity contribution in [1.29, 1.82) is 0 Å². The first-order valence-corrected chi connectivity index (χ1v) is 8.23. The van der Waals surface area contributed by atoms with E-state index in [9.17, 15) is 4.79 Å². The minimum Gasteiger partial charge on any atom is -0.294 e. The number of benzene rings is 1. The standard InChI is InChI=1S/C19H28O/c1-4-5-6-16-9-11-17(12-10-16)19(20)18-13-14(2)7-8-15(18)3/h7-8,13,16-17H,4-6,9-12H2,1-3H3. The fourth-order valence-electron chi connectivity index (χ4n) is 3.43. The van der Waals surface area contributed by atoms with Crippen LogP contribution in [0.25, 0.3) is 0 Å². The lowest BCUT2D eigenvalue weighted by atomic mass is 9.76. The van der Waals surface area contributed by atoms with E-state index in [2.05, 4.69) is 39.0 Å². The summed E-state index contributed by atoms with van der Waals surface area (Å²) in [6.45, 7) is 6.38. The number of carbonyl (C=O) groups is 1. The highest BCUT2D eigenvalue weighted by Gasteiger charge is 2.27. The summed E-state index contributed by atoms with van der Waals surface area (Å²) >= 11 is 0. The van der Waals surface area contributed by atoms with Gasteiger partial charge in [-0.05, 0) is 57.1 Å². The van der Waals surface area contributed by atoms with E-state index in [4.69, 9.17) is 0 Å². The Hall–Kier alpha value is -1.11. The van der Waals surface area contributed by atoms with Gasteiger partial charge >= 0.3 is 0 Å². The Morgan fingerprint density at radius 1 is 1.15 bits per heavy atom. The van der Waals surface area contributed by atoms with Crippen LogP contribution < -0.4 is 0 Å². The molecule has 110 valence electrons. The topological polar surface area (TPSA) is 17.1 Å². The van der Waals surface area contributed by atoms with E-state index in [0.717, 1.165) is 29.9 Å². The highest BCUT2D eigenvalue weighted by atomic mass is 16.1. The zero-order valence-electron chi connectivity index (χ0n) is 13.2. The molecule has 0 radical (unpaired) electrons. The zero-order chi connectivity index (χ0) is 14.5. The van der Waals surface area contributed by atoms with Gasteiger partial charge in [-0.25, -0.2) is 0 Å². The van der Waals surface area contributed by atoms with Gasteiger partial charge in [0.05, 0.1) is 0 Å². The van der Waals surface area contributed by atoms with Crippen LogP contribution in [0.3, 0.4) is 0 Å². The summed E-state index contributed by atoms with van der Waals surface area (Å²) in [5.41, 5.74) is 3.28. The molecule has 20 heavy (non-hydrogen) atoms. The molecule has 1 aliphatic carbocycles. The minimum absolute atomic E-state index is 0.272. The number of rotatable bonds is 5. The Balaban J connectivity index is 1.96. The van der Waals surface area contributed by atoms with Gasteiger partial charge in [0.15, 0.2) is 5.78 Å². The summed E-state index contributed by atoms with van der Waals surface area (Å²) < 4.78 is 0. The van der Waals surface area contributed by atoms with E-state index in [1.165, 1.54) is 37.7 Å². The first-order chi connectivity index (χ1) is 9.61. The summed E-state index contributed by atoms with van der Waals surface area (Å²) in [6, 6.07) is 6.24. The molecule has 0 amide bonds. The second kappa shape index (κ2) is 7.06. The third-order valence-electron chi connectivity index (χ3n) is 4.84. The van der Waals surface area contributed by atoms with Crippen molar-refractivity contribution < 1.29 is 4.79 Å². The van der Waals surface area contributed by atoms with E-state index >= 15 is 0 Å². The fourth-order valence-corrected chi connectivity index (χ4v) is 3.43. The number of hydrogen-bond donors (Lipinski definition) is 0. The third-order valence-corrected chi connectivity index (χ3v) is 4.84. The fraction of sp³-hybridized carbons (Fsp3) is 0.632. The molecule has 0 atom stereocenters. The van der Waals surface area contributed by atoms with E-state index in [1.54, 1.807) is 0 Å². The molecule has 1 fully saturated rings. The van der Waals surface area contributed by atoms with Gasteiger partial charge in [-0.1, -0.05) is 43.9 Å². The Bertz CT molecular complexity index is 453. The van der Waals surface area contributed by atoms with Crippen molar-refractivity contribution in [2.75, 3.05) is 0 Å². The molecule has 1 aliphatic rings. The average Bonchev–Trinajstić information content (AvgIpc) is 2.47. The molecule has 1 heteroatoms. The van der Waals surface area contributed by atoms with Gasteiger partial charge in [0.1, 0.15) is 0 Å². The smallest absolute Gasteiger partial charge is 0.166 e. The average molecular weight is 272 g/mol. The number of aryl methyl sites for hydroxylation is 2. The zero-order valence-corrected chi connectivity index (χ0v) is 13.2. The Labute approximate surface area is 123 Å². The van der Waals surface area contributed by atoms with Crippen LogP contribution in [0.1, 0.15) is 73.4 Å². The molecule has 0 spiro atoms. The molecule has 1 aromatic rings. The number of hydrogen-bond acceptors (Lipinski definition) is 1. The maximum absolute atomic E-state index is 12.7. The van der Waals surface area contributed by atoms with Crippen molar-refractivity contribution in [3.8, 4) is 0 Å². The number of Topliss-reactive ketones (excluding diaryl/α,β-unsaturated/α-hetero) is 1. The first-order valence-electron chi connectivity index (χ1n) is 8.23. The Morgan fingerprint density at radius 2 is 1.85 bits per heavy atom. The minimum atomic E-state index is 0.272. The van der Waals surface area contributed by atoms with Gasteiger partial charge in [-0.2, -0.15) is 0 Å². The highest BCUT2D eigenvalue weighted by molar-refractivity contribution is 5.99. The maximum Gasteiger partial charge on any atom is 0.166 e. The molecule has 1 saturated carbocycles. The van der Waals surface area contributed by atoms with Crippen LogP contribution in [0.5, 0.6) is 0 Å². The maximum atomic E-state index is 12.7. The summed E-state index contributed by atoms with van der Waals surface area (Å²) in [6.07, 6.45) is 8.70. The normalized spacial score (nSPS) is 22.8. The van der Waals surface area contributed by atoms with Crippen LogP contribution in [-0.4, -0.2) is 5.78 Å². The van der Waals surface area contributed by atoms with Gasteiger partial charge < -0.3 is 0 Å². The Morgan fingerprint density at radius 3 is 2.50 bits per heavy atom. The molecule has 1 nitrogen and oxygen atoms in total. The molecule has 0 unspecified atom stereocenters. The second-order valence-corrected chi connectivity index (χ2v) is 6.54. The van der Waals surface area contributed by atoms with Gasteiger partial charge in [0, 0.05) is 11.5 Å². The van der Waals surface area contributed by atoms with E-state index in [1.807, 2.05) is 0 Å². The van der Waals surface area contributed by atoms with Crippen molar-refractivity contribution >= 4 is 5.78 Å². The number of unbranched alkanes of at least 4 members (excludes halogenated alkanes) is 1.